The molecule has 0 amide bonds. The molecule has 0 aliphatic rings. The van der Waals surface area contributed by atoms with Gasteiger partial charge in [0.05, 0.1) is 13.2 Å². The molecule has 0 saturated carbocycles. The number of benzene rings is 1. The molecule has 94 valence electrons. The molecular weight excluding hydrogens is 220 g/mol. The summed E-state index contributed by atoms with van der Waals surface area (Å²) in [5.74, 6) is 0.627. The Hall–Kier alpha value is -1.55. The van der Waals surface area contributed by atoms with E-state index in [1.54, 1.807) is 6.92 Å². The Morgan fingerprint density at radius 1 is 1.06 bits per heavy atom. The van der Waals surface area contributed by atoms with Gasteiger partial charge < -0.3 is 14.2 Å². The molecule has 0 atom stereocenters. The van der Waals surface area contributed by atoms with Crippen LogP contribution in [0.1, 0.15) is 13.3 Å². The molecule has 1 aromatic carbocycles. The van der Waals surface area contributed by atoms with Gasteiger partial charge in [0.2, 0.25) is 0 Å². The van der Waals surface area contributed by atoms with E-state index in [1.165, 1.54) is 0 Å². The molecule has 0 saturated heterocycles. The Morgan fingerprint density at radius 3 is 2.47 bits per heavy atom. The maximum absolute atomic E-state index is 10.8. The first-order chi connectivity index (χ1) is 8.33. The van der Waals surface area contributed by atoms with E-state index in [2.05, 4.69) is 0 Å². The van der Waals surface area contributed by atoms with Crippen molar-refractivity contribution in [2.45, 2.75) is 13.3 Å². The molecule has 0 aliphatic heterocycles. The highest BCUT2D eigenvalue weighted by molar-refractivity contribution is 5.68. The van der Waals surface area contributed by atoms with Crippen LogP contribution in [0.5, 0.6) is 5.75 Å². The van der Waals surface area contributed by atoms with Crippen molar-refractivity contribution in [1.82, 2.24) is 0 Å². The SMILES string of the molecule is CCC(=O)OCCOCCOc1ccccc1. The lowest BCUT2D eigenvalue weighted by atomic mass is 10.3. The lowest BCUT2D eigenvalue weighted by molar-refractivity contribution is -0.144. The number of esters is 1. The molecule has 0 heterocycles. The summed E-state index contributed by atoms with van der Waals surface area (Å²) in [6.45, 7) is 3.45. The second-order valence-electron chi connectivity index (χ2n) is 3.35. The fraction of sp³-hybridized carbons (Fsp3) is 0.462. The Kier molecular flexibility index (Phi) is 6.82. The largest absolute Gasteiger partial charge is 0.491 e. The highest BCUT2D eigenvalue weighted by Crippen LogP contribution is 2.07. The van der Waals surface area contributed by atoms with Crippen LogP contribution in [0.2, 0.25) is 0 Å². The van der Waals surface area contributed by atoms with Crippen molar-refractivity contribution in [1.29, 1.82) is 0 Å². The Morgan fingerprint density at radius 2 is 1.76 bits per heavy atom. The molecule has 4 heteroatoms. The maximum atomic E-state index is 10.8. The monoisotopic (exact) mass is 238 g/mol. The number of para-hydroxylation sites is 1. The first kappa shape index (κ1) is 13.5. The summed E-state index contributed by atoms with van der Waals surface area (Å²) in [4.78, 5) is 10.8. The number of ether oxygens (including phenoxy) is 3. The van der Waals surface area contributed by atoms with E-state index >= 15 is 0 Å². The van der Waals surface area contributed by atoms with Gasteiger partial charge in [0.25, 0.3) is 0 Å². The Balaban J connectivity index is 1.93. The lowest BCUT2D eigenvalue weighted by Crippen LogP contribution is -2.13. The molecule has 0 bridgehead atoms. The molecule has 0 aliphatic carbocycles. The van der Waals surface area contributed by atoms with Crippen LogP contribution in [0, 0.1) is 0 Å². The third-order valence-corrected chi connectivity index (χ3v) is 2.02. The minimum atomic E-state index is -0.200. The Bertz CT molecular complexity index is 310. The van der Waals surface area contributed by atoms with Crippen LogP contribution in [0.15, 0.2) is 30.3 Å². The minimum absolute atomic E-state index is 0.200. The van der Waals surface area contributed by atoms with Crippen LogP contribution < -0.4 is 4.74 Å². The van der Waals surface area contributed by atoms with E-state index in [0.29, 0.717) is 32.8 Å². The van der Waals surface area contributed by atoms with Crippen molar-refractivity contribution in [3.63, 3.8) is 0 Å². The summed E-state index contributed by atoms with van der Waals surface area (Å²) in [5.41, 5.74) is 0. The topological polar surface area (TPSA) is 44.8 Å². The van der Waals surface area contributed by atoms with Crippen LogP contribution in [0.4, 0.5) is 0 Å². The van der Waals surface area contributed by atoms with Crippen molar-refractivity contribution >= 4 is 5.97 Å². The van der Waals surface area contributed by atoms with Crippen molar-refractivity contribution in [3.8, 4) is 5.75 Å². The zero-order valence-corrected chi connectivity index (χ0v) is 10.1. The van der Waals surface area contributed by atoms with E-state index in [9.17, 15) is 4.79 Å². The Labute approximate surface area is 101 Å². The van der Waals surface area contributed by atoms with Gasteiger partial charge in [-0.25, -0.2) is 0 Å². The molecule has 1 rings (SSSR count). The molecule has 0 spiro atoms. The molecule has 1 aromatic rings. The first-order valence-corrected chi connectivity index (χ1v) is 5.74. The summed E-state index contributed by atoms with van der Waals surface area (Å²) in [5, 5.41) is 0. The van der Waals surface area contributed by atoms with Gasteiger partial charge in [-0.2, -0.15) is 0 Å². The normalized spacial score (nSPS) is 9.94. The van der Waals surface area contributed by atoms with Gasteiger partial charge in [-0.3, -0.25) is 4.79 Å². The zero-order valence-electron chi connectivity index (χ0n) is 10.1. The molecule has 0 aromatic heterocycles. The highest BCUT2D eigenvalue weighted by atomic mass is 16.6. The molecule has 0 radical (unpaired) electrons. The average molecular weight is 238 g/mol. The average Bonchev–Trinajstić information content (AvgIpc) is 2.38. The second kappa shape index (κ2) is 8.58. The third kappa shape index (κ3) is 6.58. The summed E-state index contributed by atoms with van der Waals surface area (Å²) in [6, 6.07) is 9.55. The third-order valence-electron chi connectivity index (χ3n) is 2.02. The van der Waals surface area contributed by atoms with Gasteiger partial charge >= 0.3 is 5.97 Å². The van der Waals surface area contributed by atoms with Crippen LogP contribution in [-0.2, 0) is 14.3 Å². The predicted molar refractivity (Wildman–Crippen MR) is 64.0 cm³/mol. The fourth-order valence-corrected chi connectivity index (χ4v) is 1.15. The van der Waals surface area contributed by atoms with Gasteiger partial charge in [0.1, 0.15) is 19.0 Å². The van der Waals surface area contributed by atoms with Crippen molar-refractivity contribution in [2.24, 2.45) is 0 Å². The second-order valence-corrected chi connectivity index (χ2v) is 3.35. The van der Waals surface area contributed by atoms with Gasteiger partial charge in [0.15, 0.2) is 0 Å². The summed E-state index contributed by atoms with van der Waals surface area (Å²) >= 11 is 0. The minimum Gasteiger partial charge on any atom is -0.491 e. The summed E-state index contributed by atoms with van der Waals surface area (Å²) in [7, 11) is 0. The number of hydrogen-bond donors (Lipinski definition) is 0. The van der Waals surface area contributed by atoms with Gasteiger partial charge in [-0.1, -0.05) is 25.1 Å². The van der Waals surface area contributed by atoms with Crippen LogP contribution >= 0.6 is 0 Å². The summed E-state index contributed by atoms with van der Waals surface area (Å²) in [6.07, 6.45) is 0.400. The molecule has 4 nitrogen and oxygen atoms in total. The molecule has 17 heavy (non-hydrogen) atoms. The van der Waals surface area contributed by atoms with E-state index < -0.39 is 0 Å². The lowest BCUT2D eigenvalue weighted by Gasteiger charge is -2.07. The highest BCUT2D eigenvalue weighted by Gasteiger charge is 1.97. The van der Waals surface area contributed by atoms with Crippen molar-refractivity contribution in [3.05, 3.63) is 30.3 Å². The molecular formula is C13H18O4. The van der Waals surface area contributed by atoms with E-state index in [1.807, 2.05) is 30.3 Å². The standard InChI is InChI=1S/C13H18O4/c1-2-13(14)17-11-9-15-8-10-16-12-6-4-3-5-7-12/h3-7H,2,8-11H2,1H3. The van der Waals surface area contributed by atoms with E-state index in [-0.39, 0.29) is 5.97 Å². The van der Waals surface area contributed by atoms with E-state index in [4.69, 9.17) is 14.2 Å². The molecule has 0 N–H and O–H groups in total. The predicted octanol–water partition coefficient (Wildman–Crippen LogP) is 2.04. The van der Waals surface area contributed by atoms with E-state index in [0.717, 1.165) is 5.75 Å². The number of carbonyl (C=O) groups is 1. The van der Waals surface area contributed by atoms with Crippen LogP contribution in [0.3, 0.4) is 0 Å². The number of carbonyl (C=O) groups excluding carboxylic acids is 1. The zero-order chi connectivity index (χ0) is 12.3. The number of hydrogen-bond acceptors (Lipinski definition) is 4. The van der Waals surface area contributed by atoms with Crippen LogP contribution in [0.25, 0.3) is 0 Å². The fourth-order valence-electron chi connectivity index (χ4n) is 1.15. The van der Waals surface area contributed by atoms with Gasteiger partial charge in [-0.15, -0.1) is 0 Å². The van der Waals surface area contributed by atoms with Gasteiger partial charge in [0, 0.05) is 6.42 Å². The van der Waals surface area contributed by atoms with Gasteiger partial charge in [-0.05, 0) is 12.1 Å². The first-order valence-electron chi connectivity index (χ1n) is 5.74. The van der Waals surface area contributed by atoms with Crippen LogP contribution in [-0.4, -0.2) is 32.4 Å². The quantitative estimate of drug-likeness (QED) is 0.513. The molecule has 0 unspecified atom stereocenters. The van der Waals surface area contributed by atoms with Crippen molar-refractivity contribution < 1.29 is 19.0 Å². The maximum Gasteiger partial charge on any atom is 0.305 e. The number of rotatable bonds is 8. The molecule has 0 fully saturated rings. The smallest absolute Gasteiger partial charge is 0.305 e. The summed E-state index contributed by atoms with van der Waals surface area (Å²) < 4.78 is 15.5. The van der Waals surface area contributed by atoms with Crippen molar-refractivity contribution in [2.75, 3.05) is 26.4 Å².